The van der Waals surface area contributed by atoms with E-state index < -0.39 is 0 Å². The highest BCUT2D eigenvalue weighted by Crippen LogP contribution is 2.35. The highest BCUT2D eigenvalue weighted by molar-refractivity contribution is 7.44. The van der Waals surface area contributed by atoms with Crippen LogP contribution in [0, 0.1) is 38.0 Å². The molecule has 7 heteroatoms. The molecule has 4 aromatic rings. The van der Waals surface area contributed by atoms with Crippen molar-refractivity contribution in [2.24, 2.45) is 16.6 Å². The lowest BCUT2D eigenvalue weighted by molar-refractivity contribution is 0.810. The number of nitrogens with one attached hydrogen (secondary N) is 2. The van der Waals surface area contributed by atoms with Gasteiger partial charge in [-0.05, 0) is 74.0 Å². The van der Waals surface area contributed by atoms with Crippen LogP contribution in [0.15, 0.2) is 82.3 Å². The molecule has 1 unspecified atom stereocenters. The highest BCUT2D eigenvalue weighted by Gasteiger charge is 2.08. The minimum atomic E-state index is 0.352. The van der Waals surface area contributed by atoms with Crippen molar-refractivity contribution in [2.45, 2.75) is 54.9 Å². The van der Waals surface area contributed by atoms with Gasteiger partial charge >= 0.3 is 0 Å². The lowest BCUT2D eigenvalue weighted by Gasteiger charge is -2.15. The number of aliphatic imine (C=N–C) groups is 1. The van der Waals surface area contributed by atoms with Gasteiger partial charge < -0.3 is 15.8 Å². The summed E-state index contributed by atoms with van der Waals surface area (Å²) in [5.41, 5.74) is 13.0. The Morgan fingerprint density at radius 2 is 1.82 bits per heavy atom. The lowest BCUT2D eigenvalue weighted by Crippen LogP contribution is -1.96. The summed E-state index contributed by atoms with van der Waals surface area (Å²) in [5, 5.41) is 16.2. The number of allylic oxidation sites excluding steroid dienone is 4. The van der Waals surface area contributed by atoms with E-state index in [1.54, 1.807) is 13.3 Å². The molecule has 1 aromatic heterocycles. The normalized spacial score (nSPS) is 12.2. The fourth-order valence-corrected chi connectivity index (χ4v) is 4.83. The number of imidazole rings is 1. The van der Waals surface area contributed by atoms with Crippen LogP contribution in [0.5, 0.6) is 0 Å². The molecule has 0 aliphatic heterocycles. The summed E-state index contributed by atoms with van der Waals surface area (Å²) in [5.74, 6) is 1.57. The number of hydrogen-bond acceptors (Lipinski definition) is 5. The van der Waals surface area contributed by atoms with Gasteiger partial charge in [-0.2, -0.15) is 5.26 Å². The lowest BCUT2D eigenvalue weighted by atomic mass is 10.0. The van der Waals surface area contributed by atoms with Crippen molar-refractivity contribution in [1.29, 1.82) is 5.26 Å². The molecule has 0 radical (unpaired) electrons. The molecule has 0 fully saturated rings. The second-order valence-electron chi connectivity index (χ2n) is 9.88. The molecule has 0 bridgehead atoms. The number of aromatic nitrogens is 2. The summed E-state index contributed by atoms with van der Waals surface area (Å²) in [6.07, 6.45) is 4.67. The van der Waals surface area contributed by atoms with Gasteiger partial charge in [-0.3, -0.25) is 4.99 Å². The Labute approximate surface area is 241 Å². The molecule has 0 aliphatic carbocycles. The van der Waals surface area contributed by atoms with Gasteiger partial charge in [-0.15, -0.1) is 0 Å². The minimum absolute atomic E-state index is 0.352. The standard InChI is InChI=1S/C18H20N3P.C8H8N2.C7H15N/c1-12-9-15-7-5-6-8-17(15)18(13(12)2)21-22-14(3)16(10-19)11-20-4;1-6-9-7-4-2-3-5-8(7)10-6;1-4-7(8)5-6(2)3/h5-9,11,21-22H,1-4H3;2-5H,1H3,(H,9,10);5-6H,4,8H2,1-3H3/b16-14+,20-11?;;7-5+. The summed E-state index contributed by atoms with van der Waals surface area (Å²) in [6.45, 7) is 14.5. The van der Waals surface area contributed by atoms with E-state index in [0.29, 0.717) is 20.2 Å². The van der Waals surface area contributed by atoms with Crippen molar-refractivity contribution in [3.8, 4) is 6.07 Å². The van der Waals surface area contributed by atoms with Gasteiger partial charge in [-0.1, -0.05) is 69.3 Å². The Balaban J connectivity index is 0.000000255. The van der Waals surface area contributed by atoms with Gasteiger partial charge in [0.05, 0.1) is 16.6 Å². The third-order valence-electron chi connectivity index (χ3n) is 6.19. The second-order valence-corrected chi connectivity index (χ2v) is 11.1. The number of benzene rings is 3. The summed E-state index contributed by atoms with van der Waals surface area (Å²) in [6, 6.07) is 20.8. The first-order chi connectivity index (χ1) is 19.1. The zero-order chi connectivity index (χ0) is 29.7. The van der Waals surface area contributed by atoms with E-state index >= 15 is 0 Å². The maximum Gasteiger partial charge on any atom is 0.104 e. The molecule has 6 nitrogen and oxygen atoms in total. The van der Waals surface area contributed by atoms with E-state index in [4.69, 9.17) is 5.73 Å². The number of nitriles is 1. The number of aryl methyl sites for hydroxylation is 2. The van der Waals surface area contributed by atoms with Crippen LogP contribution in [0.4, 0.5) is 5.69 Å². The number of nitrogens with two attached hydrogens (primary N) is 1. The molecule has 0 saturated heterocycles. The van der Waals surface area contributed by atoms with E-state index in [1.165, 1.54) is 21.9 Å². The van der Waals surface area contributed by atoms with Crippen molar-refractivity contribution < 1.29 is 0 Å². The molecular weight excluding hydrogens is 511 g/mol. The van der Waals surface area contributed by atoms with Crippen LogP contribution >= 0.6 is 8.73 Å². The molecule has 0 amide bonds. The van der Waals surface area contributed by atoms with Gasteiger partial charge in [0, 0.05) is 38.8 Å². The number of hydrogen-bond donors (Lipinski definition) is 3. The Morgan fingerprint density at radius 3 is 2.42 bits per heavy atom. The fourth-order valence-electron chi connectivity index (χ4n) is 3.94. The van der Waals surface area contributed by atoms with Crippen LogP contribution in [0.25, 0.3) is 21.8 Å². The molecule has 0 spiro atoms. The molecule has 1 heterocycles. The molecule has 40 heavy (non-hydrogen) atoms. The van der Waals surface area contributed by atoms with Crippen LogP contribution in [0.2, 0.25) is 0 Å². The van der Waals surface area contributed by atoms with Crippen molar-refractivity contribution >= 4 is 42.4 Å². The largest absolute Gasteiger partial charge is 0.402 e. The molecule has 0 aliphatic rings. The number of aromatic amines is 1. The molecule has 4 N–H and O–H groups in total. The summed E-state index contributed by atoms with van der Waals surface area (Å²) in [7, 11) is 2.03. The maximum atomic E-state index is 9.17. The molecular formula is C33H43N6P. The fraction of sp³-hybridized carbons (Fsp3) is 0.303. The number of nitrogens with zero attached hydrogens (tertiary/aromatic N) is 3. The van der Waals surface area contributed by atoms with Crippen LogP contribution in [0.1, 0.15) is 51.1 Å². The Morgan fingerprint density at radius 1 is 1.15 bits per heavy atom. The third kappa shape index (κ3) is 9.67. The topological polar surface area (TPSA) is 103 Å². The average Bonchev–Trinajstić information content (AvgIpc) is 3.32. The number of H-pyrrole nitrogens is 1. The summed E-state index contributed by atoms with van der Waals surface area (Å²) >= 11 is 0. The summed E-state index contributed by atoms with van der Waals surface area (Å²) < 4.78 is 0. The molecule has 0 saturated carbocycles. The first-order valence-corrected chi connectivity index (χ1v) is 14.5. The van der Waals surface area contributed by atoms with Crippen LogP contribution in [-0.2, 0) is 0 Å². The van der Waals surface area contributed by atoms with Crippen molar-refractivity contribution in [2.75, 3.05) is 12.1 Å². The van der Waals surface area contributed by atoms with Gasteiger partial charge in [0.1, 0.15) is 11.9 Å². The zero-order valence-electron chi connectivity index (χ0n) is 25.1. The van der Waals surface area contributed by atoms with E-state index in [-0.39, 0.29) is 0 Å². The predicted molar refractivity (Wildman–Crippen MR) is 176 cm³/mol. The van der Waals surface area contributed by atoms with Crippen LogP contribution < -0.4 is 10.8 Å². The minimum Gasteiger partial charge on any atom is -0.402 e. The Kier molecular flexibility index (Phi) is 13.1. The Bertz CT molecular complexity index is 1500. The van der Waals surface area contributed by atoms with Gasteiger partial charge in [0.25, 0.3) is 0 Å². The van der Waals surface area contributed by atoms with Crippen molar-refractivity contribution in [1.82, 2.24) is 9.97 Å². The van der Waals surface area contributed by atoms with Crippen LogP contribution in [-0.4, -0.2) is 23.2 Å². The number of rotatable bonds is 6. The van der Waals surface area contributed by atoms with Crippen molar-refractivity contribution in [3.63, 3.8) is 0 Å². The van der Waals surface area contributed by atoms with E-state index in [0.717, 1.165) is 40.0 Å². The van der Waals surface area contributed by atoms with Crippen molar-refractivity contribution in [3.05, 3.63) is 94.2 Å². The Hall–Kier alpha value is -3.94. The zero-order valence-corrected chi connectivity index (χ0v) is 26.1. The number of para-hydroxylation sites is 2. The monoisotopic (exact) mass is 554 g/mol. The SMILES string of the molecule is CC/C(N)=C\C(C)C.CN=C/C(C#N)=C(\C)PNc1c(C)c(C)cc2ccccc12.Cc1nc2ccccc2[nH]1. The third-order valence-corrected chi connectivity index (χ3v) is 7.21. The molecule has 3 aromatic carbocycles. The quantitative estimate of drug-likeness (QED) is 0.126. The average molecular weight is 555 g/mol. The number of fused-ring (bicyclic) bond motifs is 2. The van der Waals surface area contributed by atoms with Gasteiger partial charge in [0.2, 0.25) is 0 Å². The van der Waals surface area contributed by atoms with Gasteiger partial charge in [0.15, 0.2) is 0 Å². The number of anilines is 1. The van der Waals surface area contributed by atoms with Crippen LogP contribution in [0.3, 0.4) is 0 Å². The smallest absolute Gasteiger partial charge is 0.104 e. The maximum absolute atomic E-state index is 9.17. The van der Waals surface area contributed by atoms with Gasteiger partial charge in [-0.25, -0.2) is 4.98 Å². The van der Waals surface area contributed by atoms with E-state index in [9.17, 15) is 5.26 Å². The first kappa shape index (κ1) is 32.3. The second kappa shape index (κ2) is 16.2. The summed E-state index contributed by atoms with van der Waals surface area (Å²) in [4.78, 5) is 11.3. The predicted octanol–water partition coefficient (Wildman–Crippen LogP) is 8.73. The molecule has 4 rings (SSSR count). The molecule has 210 valence electrons. The molecule has 1 atom stereocenters. The van der Waals surface area contributed by atoms with E-state index in [2.05, 4.69) is 97.1 Å². The first-order valence-electron chi connectivity index (χ1n) is 13.5. The highest BCUT2D eigenvalue weighted by atomic mass is 31.1. The van der Waals surface area contributed by atoms with E-state index in [1.807, 2.05) is 38.1 Å².